The van der Waals surface area contributed by atoms with Gasteiger partial charge in [0.1, 0.15) is 5.60 Å². The molecule has 6 atom stereocenters. The Bertz CT molecular complexity index is 845. The molecule has 0 aromatic heterocycles. The number of terminal acetylenes is 1. The minimum atomic E-state index is -2.34. The van der Waals surface area contributed by atoms with Gasteiger partial charge >= 0.3 is 0 Å². The summed E-state index contributed by atoms with van der Waals surface area (Å²) in [4.78, 5) is 12.4. The summed E-state index contributed by atoms with van der Waals surface area (Å²) in [5, 5.41) is 11.2. The zero-order valence-electron chi connectivity index (χ0n) is 19.6. The highest BCUT2D eigenvalue weighted by atomic mass is 16.3. The molecule has 2 heteroatoms. The molecule has 0 bridgehead atoms. The number of ketones is 1. The molecule has 4 rings (SSSR count). The molecule has 0 saturated heterocycles. The second-order valence-electron chi connectivity index (χ2n) is 7.56. The van der Waals surface area contributed by atoms with Crippen molar-refractivity contribution < 1.29 is 18.1 Å². The molecule has 23 heavy (non-hydrogen) atoms. The van der Waals surface area contributed by atoms with Gasteiger partial charge < -0.3 is 5.11 Å². The van der Waals surface area contributed by atoms with Gasteiger partial charge in [-0.2, -0.15) is 0 Å². The van der Waals surface area contributed by atoms with Gasteiger partial charge in [0, 0.05) is 18.6 Å². The largest absolute Gasteiger partial charge is 0.377 e. The first kappa shape index (κ1) is 10.0. The van der Waals surface area contributed by atoms with Crippen molar-refractivity contribution in [2.24, 2.45) is 29.1 Å². The average Bonchev–Trinajstić information content (AvgIpc) is 2.93. The second kappa shape index (κ2) is 5.21. The lowest BCUT2D eigenvalue weighted by Crippen LogP contribution is -2.53. The zero-order chi connectivity index (χ0) is 21.6. The lowest BCUT2D eigenvalue weighted by molar-refractivity contribution is -0.117. The lowest BCUT2D eigenvalue weighted by Gasteiger charge is -2.55. The Morgan fingerprint density at radius 1 is 1.39 bits per heavy atom. The van der Waals surface area contributed by atoms with Crippen molar-refractivity contribution in [1.82, 2.24) is 0 Å². The zero-order valence-corrected chi connectivity index (χ0v) is 13.6. The summed E-state index contributed by atoms with van der Waals surface area (Å²) in [6.45, 7) is 2.00. The molecule has 1 N–H and O–H groups in total. The van der Waals surface area contributed by atoms with Crippen LogP contribution in [-0.2, 0) is 4.79 Å². The number of aliphatic hydroxyl groups is 1. The van der Waals surface area contributed by atoms with E-state index in [-0.39, 0.29) is 29.7 Å². The normalized spacial score (nSPS) is 60.6. The van der Waals surface area contributed by atoms with Gasteiger partial charge in [-0.1, -0.05) is 18.4 Å². The van der Waals surface area contributed by atoms with E-state index in [9.17, 15) is 11.3 Å². The first-order chi connectivity index (χ1) is 13.3. The van der Waals surface area contributed by atoms with E-state index in [1.807, 2.05) is 6.92 Å². The fraction of sp³-hybridized carbons (Fsp3) is 0.762. The molecular weight excluding hydrogens is 284 g/mol. The van der Waals surface area contributed by atoms with E-state index in [0.717, 1.165) is 0 Å². The fourth-order valence-electron chi connectivity index (χ4n) is 5.98. The fourth-order valence-corrected chi connectivity index (χ4v) is 5.98. The number of rotatable bonds is 1. The Labute approximate surface area is 148 Å². The summed E-state index contributed by atoms with van der Waals surface area (Å²) >= 11 is 0. The second-order valence-corrected chi connectivity index (χ2v) is 7.56. The van der Waals surface area contributed by atoms with Crippen LogP contribution in [-0.4, -0.2) is 16.5 Å². The third-order valence-electron chi connectivity index (χ3n) is 7.12. The summed E-state index contributed by atoms with van der Waals surface area (Å²) < 4.78 is 51.0. The summed E-state index contributed by atoms with van der Waals surface area (Å²) in [5.41, 5.74) is -1.91. The van der Waals surface area contributed by atoms with Crippen molar-refractivity contribution in [3.63, 3.8) is 0 Å². The Hall–Kier alpha value is -1.07. The molecule has 0 spiro atoms. The van der Waals surface area contributed by atoms with Crippen LogP contribution in [0.3, 0.4) is 0 Å². The topological polar surface area (TPSA) is 37.3 Å². The highest BCUT2D eigenvalue weighted by Crippen LogP contribution is 2.66. The monoisotopic (exact) mass is 318 g/mol. The number of fused-ring (bicyclic) bond motifs is 5. The van der Waals surface area contributed by atoms with Gasteiger partial charge in [-0.15, -0.1) is 6.42 Å². The van der Waals surface area contributed by atoms with Crippen LogP contribution in [0.15, 0.2) is 11.6 Å². The number of hydrogen-bond acceptors (Lipinski definition) is 2. The van der Waals surface area contributed by atoms with Gasteiger partial charge in [0.15, 0.2) is 5.78 Å². The van der Waals surface area contributed by atoms with Gasteiger partial charge in [0.2, 0.25) is 0 Å². The first-order valence-corrected chi connectivity index (χ1v) is 8.76. The smallest absolute Gasteiger partial charge is 0.155 e. The van der Waals surface area contributed by atoms with Crippen LogP contribution < -0.4 is 0 Å². The quantitative estimate of drug-likeness (QED) is 0.745. The Morgan fingerprint density at radius 3 is 2.96 bits per heavy atom. The van der Waals surface area contributed by atoms with Crippen LogP contribution >= 0.6 is 0 Å². The molecule has 0 radical (unpaired) electrons. The summed E-state index contributed by atoms with van der Waals surface area (Å²) in [7, 11) is 0. The van der Waals surface area contributed by atoms with Crippen LogP contribution in [0.2, 0.25) is 0 Å². The van der Waals surface area contributed by atoms with Gasteiger partial charge in [-0.25, -0.2) is 0 Å². The van der Waals surface area contributed by atoms with Crippen LogP contribution in [0, 0.1) is 41.4 Å². The summed E-state index contributed by atoms with van der Waals surface area (Å²) in [6, 6.07) is -0.654. The number of allylic oxidation sites excluding steroid dienone is 1. The maximum atomic E-state index is 12.4. The maximum Gasteiger partial charge on any atom is 0.155 e. The SMILES string of the molecule is [2H]C1=C2C([2H])([2H])CC3C(CCC4(CC)C3CC[C@@]4(O)C#C)C2([2H])CC([2H])([2H])C1=O. The molecule has 5 unspecified atom stereocenters. The van der Waals surface area contributed by atoms with E-state index < -0.39 is 47.9 Å². The predicted molar refractivity (Wildman–Crippen MR) is 90.5 cm³/mol. The van der Waals surface area contributed by atoms with Crippen molar-refractivity contribution in [2.45, 2.75) is 70.2 Å². The third-order valence-corrected chi connectivity index (χ3v) is 7.12. The molecule has 4 aliphatic rings. The van der Waals surface area contributed by atoms with Crippen molar-refractivity contribution in [3.8, 4) is 12.3 Å². The van der Waals surface area contributed by atoms with Gasteiger partial charge in [-0.3, -0.25) is 4.79 Å². The average molecular weight is 318 g/mol. The van der Waals surface area contributed by atoms with Crippen LogP contribution in [0.1, 0.15) is 72.8 Å². The van der Waals surface area contributed by atoms with Crippen LogP contribution in [0.25, 0.3) is 0 Å². The van der Waals surface area contributed by atoms with Gasteiger partial charge in [-0.05, 0) is 81.0 Å². The highest BCUT2D eigenvalue weighted by Gasteiger charge is 2.63. The predicted octanol–water partition coefficient (Wildman–Crippen LogP) is 3.88. The van der Waals surface area contributed by atoms with E-state index >= 15 is 0 Å². The molecule has 0 amide bonds. The number of carbonyl (C=O) groups is 1. The minimum Gasteiger partial charge on any atom is -0.377 e. The molecule has 3 saturated carbocycles. The lowest BCUT2D eigenvalue weighted by atomic mass is 9.49. The molecule has 0 heterocycles. The van der Waals surface area contributed by atoms with Crippen LogP contribution in [0.4, 0.5) is 0 Å². The summed E-state index contributed by atoms with van der Waals surface area (Å²) in [6.07, 6.45) is 3.91. The van der Waals surface area contributed by atoms with E-state index in [0.29, 0.717) is 32.1 Å². The Balaban J connectivity index is 1.86. The minimum absolute atomic E-state index is 0.0520. The van der Waals surface area contributed by atoms with E-state index in [2.05, 4.69) is 5.92 Å². The molecule has 0 aromatic carbocycles. The standard InChI is InChI=1S/C21H28O2/c1-3-20-11-9-17-16-8-6-15(22)13-14(16)5-7-18(17)19(20)10-12-21(20,23)4-2/h2,13,16-19,23H,3,5-12H2,1H3/t16?,17?,18?,19?,20?,21-/m0/s1/i5D2,6D2,13D,16D. The maximum absolute atomic E-state index is 12.4. The first-order valence-electron chi connectivity index (χ1n) is 11.8. The third kappa shape index (κ3) is 1.96. The van der Waals surface area contributed by atoms with Crippen LogP contribution in [0.5, 0.6) is 0 Å². The van der Waals surface area contributed by atoms with E-state index in [1.165, 1.54) is 0 Å². The number of hydrogen-bond donors (Lipinski definition) is 1. The van der Waals surface area contributed by atoms with Crippen molar-refractivity contribution >= 4 is 5.78 Å². The van der Waals surface area contributed by atoms with E-state index in [4.69, 9.17) is 13.3 Å². The number of carbonyl (C=O) groups excluding carboxylic acids is 1. The Kier molecular flexibility index (Phi) is 2.28. The van der Waals surface area contributed by atoms with E-state index in [1.54, 1.807) is 0 Å². The molecule has 0 aliphatic heterocycles. The van der Waals surface area contributed by atoms with Crippen molar-refractivity contribution in [2.75, 3.05) is 0 Å². The Morgan fingerprint density at radius 2 is 2.22 bits per heavy atom. The molecule has 2 nitrogen and oxygen atoms in total. The molecule has 0 aromatic rings. The van der Waals surface area contributed by atoms with Gasteiger partial charge in [0.05, 0.1) is 1.37 Å². The molecule has 3 fully saturated rings. The van der Waals surface area contributed by atoms with Crippen molar-refractivity contribution in [3.05, 3.63) is 11.6 Å². The molecule has 4 aliphatic carbocycles. The van der Waals surface area contributed by atoms with Gasteiger partial charge in [0.25, 0.3) is 0 Å². The van der Waals surface area contributed by atoms with Crippen molar-refractivity contribution in [1.29, 1.82) is 0 Å². The highest BCUT2D eigenvalue weighted by molar-refractivity contribution is 5.91. The molecular formula is C21H28O2. The summed E-state index contributed by atoms with van der Waals surface area (Å²) in [5.74, 6) is -0.673. The molecule has 124 valence electrons.